The van der Waals surface area contributed by atoms with Crippen molar-refractivity contribution >= 4 is 12.0 Å². The number of H-pyrrole nitrogens is 1. The second kappa shape index (κ2) is 6.37. The van der Waals surface area contributed by atoms with Crippen LogP contribution in [0.4, 0.5) is 0 Å². The van der Waals surface area contributed by atoms with Crippen molar-refractivity contribution in [2.24, 2.45) is 4.99 Å². The third kappa shape index (κ3) is 3.05. The van der Waals surface area contributed by atoms with Gasteiger partial charge in [-0.15, -0.1) is 0 Å². The lowest BCUT2D eigenvalue weighted by atomic mass is 10.1. The van der Waals surface area contributed by atoms with Crippen LogP contribution in [0.25, 0.3) is 6.08 Å². The summed E-state index contributed by atoms with van der Waals surface area (Å²) in [7, 11) is 0. The Kier molecular flexibility index (Phi) is 4.29. The summed E-state index contributed by atoms with van der Waals surface area (Å²) in [5, 5.41) is 9.74. The Morgan fingerprint density at radius 3 is 2.83 bits per heavy atom. The third-order valence-corrected chi connectivity index (χ3v) is 4.12. The van der Waals surface area contributed by atoms with E-state index in [1.165, 1.54) is 11.6 Å². The molecule has 0 aliphatic carbocycles. The lowest BCUT2D eigenvalue weighted by Crippen LogP contribution is -2.39. The van der Waals surface area contributed by atoms with Crippen molar-refractivity contribution in [3.63, 3.8) is 0 Å². The standard InChI is InChI=1S/C16H19N3O4/c1-2-10-3-4-11-9-12(16(21)22)15(20)18-13(11)17-14(10)19-5-7-23-8-6-19/h4,9H,2-3,5-8H2,1H3,(H,21,22)(H,17,18,20). The smallest absolute Gasteiger partial charge is 0.341 e. The molecule has 3 heterocycles. The fraction of sp³-hybridized carbons (Fsp3) is 0.438. The highest BCUT2D eigenvalue weighted by Gasteiger charge is 2.18. The number of hydrogen-bond acceptors (Lipinski definition) is 5. The van der Waals surface area contributed by atoms with E-state index < -0.39 is 11.5 Å². The summed E-state index contributed by atoms with van der Waals surface area (Å²) in [6.45, 7) is 4.90. The van der Waals surface area contributed by atoms with Crippen LogP contribution in [-0.2, 0) is 4.74 Å². The highest BCUT2D eigenvalue weighted by molar-refractivity contribution is 5.87. The number of ether oxygens (including phenoxy) is 1. The monoisotopic (exact) mass is 317 g/mol. The van der Waals surface area contributed by atoms with E-state index >= 15 is 0 Å². The van der Waals surface area contributed by atoms with Crippen LogP contribution >= 0.6 is 0 Å². The Balaban J connectivity index is 2.15. The Bertz CT molecular complexity index is 832. The molecule has 2 N–H and O–H groups in total. The van der Waals surface area contributed by atoms with Crippen LogP contribution in [0.15, 0.2) is 27.2 Å². The Morgan fingerprint density at radius 2 is 2.17 bits per heavy atom. The van der Waals surface area contributed by atoms with Crippen molar-refractivity contribution in [1.82, 2.24) is 9.88 Å². The fourth-order valence-electron chi connectivity index (χ4n) is 2.82. The van der Waals surface area contributed by atoms with Gasteiger partial charge >= 0.3 is 5.97 Å². The van der Waals surface area contributed by atoms with Gasteiger partial charge < -0.3 is 19.7 Å². The van der Waals surface area contributed by atoms with E-state index in [-0.39, 0.29) is 5.56 Å². The van der Waals surface area contributed by atoms with Crippen LogP contribution in [-0.4, -0.2) is 47.3 Å². The summed E-state index contributed by atoms with van der Waals surface area (Å²) in [4.78, 5) is 32.5. The SMILES string of the molecule is CCC1=C(N2CCOCC2)N=c2[nH]c(=O)c(C(=O)O)cc2=CC1. The predicted octanol–water partition coefficient (Wildman–Crippen LogP) is -0.169. The molecule has 2 aliphatic heterocycles. The molecule has 0 amide bonds. The minimum atomic E-state index is -1.23. The van der Waals surface area contributed by atoms with E-state index in [1.54, 1.807) is 0 Å². The maximum absolute atomic E-state index is 11.9. The molecule has 0 bridgehead atoms. The van der Waals surface area contributed by atoms with Gasteiger partial charge in [0.25, 0.3) is 5.56 Å². The van der Waals surface area contributed by atoms with E-state index in [0.717, 1.165) is 25.3 Å². The van der Waals surface area contributed by atoms with Gasteiger partial charge in [-0.05, 0) is 24.5 Å². The number of carboxylic acid groups (broad SMARTS) is 1. The number of pyridine rings is 1. The molecule has 3 rings (SSSR count). The molecule has 7 heteroatoms. The van der Waals surface area contributed by atoms with Crippen molar-refractivity contribution < 1.29 is 14.6 Å². The molecule has 0 saturated carbocycles. The van der Waals surface area contributed by atoms with Crippen LogP contribution in [0.2, 0.25) is 0 Å². The molecule has 23 heavy (non-hydrogen) atoms. The summed E-state index contributed by atoms with van der Waals surface area (Å²) in [6, 6.07) is 1.40. The molecule has 0 unspecified atom stereocenters. The zero-order valence-corrected chi connectivity index (χ0v) is 13.0. The number of morpholine rings is 1. The van der Waals surface area contributed by atoms with E-state index in [9.17, 15) is 9.59 Å². The van der Waals surface area contributed by atoms with Crippen molar-refractivity contribution in [3.8, 4) is 0 Å². The average Bonchev–Trinajstić information content (AvgIpc) is 2.73. The fourth-order valence-corrected chi connectivity index (χ4v) is 2.82. The highest BCUT2D eigenvalue weighted by atomic mass is 16.5. The molecule has 0 atom stereocenters. The number of carbonyl (C=O) groups is 1. The maximum Gasteiger partial charge on any atom is 0.341 e. The number of fused-ring (bicyclic) bond motifs is 1. The normalized spacial score (nSPS) is 17.9. The maximum atomic E-state index is 11.9. The molecule has 0 radical (unpaired) electrons. The van der Waals surface area contributed by atoms with Gasteiger partial charge in [-0.2, -0.15) is 0 Å². The Hall–Kier alpha value is -2.41. The first-order valence-corrected chi connectivity index (χ1v) is 7.70. The zero-order valence-electron chi connectivity index (χ0n) is 13.0. The molecule has 0 aromatic carbocycles. The largest absolute Gasteiger partial charge is 0.477 e. The lowest BCUT2D eigenvalue weighted by Gasteiger charge is -2.30. The third-order valence-electron chi connectivity index (χ3n) is 4.12. The number of nitrogens with zero attached hydrogens (tertiary/aromatic N) is 2. The van der Waals surface area contributed by atoms with Gasteiger partial charge in [0.15, 0.2) is 0 Å². The van der Waals surface area contributed by atoms with Crippen LogP contribution < -0.4 is 16.3 Å². The first-order valence-electron chi connectivity index (χ1n) is 7.70. The zero-order chi connectivity index (χ0) is 16.4. The summed E-state index contributed by atoms with van der Waals surface area (Å²) in [5.74, 6) is -0.367. The quantitative estimate of drug-likeness (QED) is 0.807. The number of allylic oxidation sites excluding steroid dienone is 1. The van der Waals surface area contributed by atoms with Gasteiger partial charge in [-0.3, -0.25) is 4.79 Å². The van der Waals surface area contributed by atoms with Crippen LogP contribution in [0.5, 0.6) is 0 Å². The number of aromatic amines is 1. The van der Waals surface area contributed by atoms with Gasteiger partial charge in [-0.1, -0.05) is 13.0 Å². The van der Waals surface area contributed by atoms with Crippen molar-refractivity contribution in [2.45, 2.75) is 19.8 Å². The minimum absolute atomic E-state index is 0.261. The topological polar surface area (TPSA) is 95.0 Å². The summed E-state index contributed by atoms with van der Waals surface area (Å²) < 4.78 is 5.38. The molecule has 1 saturated heterocycles. The molecule has 1 aromatic heterocycles. The number of aromatic carboxylic acids is 1. The number of rotatable bonds is 3. The van der Waals surface area contributed by atoms with Crippen LogP contribution in [0, 0.1) is 0 Å². The number of aromatic nitrogens is 1. The summed E-state index contributed by atoms with van der Waals surface area (Å²) in [6.07, 6.45) is 3.45. The molecular weight excluding hydrogens is 298 g/mol. The molecule has 1 fully saturated rings. The lowest BCUT2D eigenvalue weighted by molar-refractivity contribution is 0.0522. The minimum Gasteiger partial charge on any atom is -0.477 e. The molecule has 122 valence electrons. The molecule has 1 aromatic rings. The average molecular weight is 317 g/mol. The van der Waals surface area contributed by atoms with Crippen LogP contribution in [0.3, 0.4) is 0 Å². The van der Waals surface area contributed by atoms with E-state index in [4.69, 9.17) is 9.84 Å². The molecular formula is C16H19N3O4. The first kappa shape index (κ1) is 15.5. The first-order chi connectivity index (χ1) is 11.1. The molecule has 7 nitrogen and oxygen atoms in total. The van der Waals surface area contributed by atoms with Crippen molar-refractivity contribution in [1.29, 1.82) is 0 Å². The number of hydrogen-bond donors (Lipinski definition) is 2. The number of carboxylic acids is 1. The second-order valence-corrected chi connectivity index (χ2v) is 5.52. The van der Waals surface area contributed by atoms with Gasteiger partial charge in [0.1, 0.15) is 16.9 Å². The van der Waals surface area contributed by atoms with E-state index in [0.29, 0.717) is 30.3 Å². The summed E-state index contributed by atoms with van der Waals surface area (Å²) >= 11 is 0. The van der Waals surface area contributed by atoms with E-state index in [1.807, 2.05) is 6.08 Å². The van der Waals surface area contributed by atoms with E-state index in [2.05, 4.69) is 21.8 Å². The van der Waals surface area contributed by atoms with Gasteiger partial charge in [0.05, 0.1) is 13.2 Å². The van der Waals surface area contributed by atoms with Crippen molar-refractivity contribution in [3.05, 3.63) is 44.1 Å². The van der Waals surface area contributed by atoms with Gasteiger partial charge in [0.2, 0.25) is 0 Å². The predicted molar refractivity (Wildman–Crippen MR) is 83.6 cm³/mol. The Labute approximate surface area is 132 Å². The van der Waals surface area contributed by atoms with Gasteiger partial charge in [-0.25, -0.2) is 9.79 Å². The molecule has 2 aliphatic rings. The Morgan fingerprint density at radius 1 is 1.43 bits per heavy atom. The highest BCUT2D eigenvalue weighted by Crippen LogP contribution is 2.20. The number of nitrogens with one attached hydrogen (secondary N) is 1. The van der Waals surface area contributed by atoms with Gasteiger partial charge in [0, 0.05) is 18.3 Å². The second-order valence-electron chi connectivity index (χ2n) is 5.52. The van der Waals surface area contributed by atoms with Crippen molar-refractivity contribution in [2.75, 3.05) is 26.3 Å². The molecule has 0 spiro atoms. The summed E-state index contributed by atoms with van der Waals surface area (Å²) in [5.41, 5.74) is 0.698. The van der Waals surface area contributed by atoms with Crippen LogP contribution in [0.1, 0.15) is 30.1 Å².